The molecule has 0 fully saturated rings. The van der Waals surface area contributed by atoms with Gasteiger partial charge in [-0.25, -0.2) is 0 Å². The number of hydrogen-bond donors (Lipinski definition) is 2. The third kappa shape index (κ3) is 4.59. The number of nitrogens with one attached hydrogen (secondary N) is 1. The van der Waals surface area contributed by atoms with E-state index in [9.17, 15) is 4.79 Å². The van der Waals surface area contributed by atoms with Crippen LogP contribution in [0.3, 0.4) is 0 Å². The zero-order valence-electron chi connectivity index (χ0n) is 10.6. The topological polar surface area (TPSA) is 58.6 Å². The quantitative estimate of drug-likeness (QED) is 0.690. The lowest BCUT2D eigenvalue weighted by Crippen LogP contribution is -2.34. The Morgan fingerprint density at radius 2 is 2.17 bits per heavy atom. The van der Waals surface area contributed by atoms with Crippen LogP contribution in [-0.2, 0) is 11.2 Å². The van der Waals surface area contributed by atoms with Crippen LogP contribution < -0.4 is 10.1 Å². The Kier molecular flexibility index (Phi) is 5.94. The van der Waals surface area contributed by atoms with E-state index in [1.807, 2.05) is 24.3 Å². The van der Waals surface area contributed by atoms with Crippen molar-refractivity contribution in [3.8, 4) is 5.75 Å². The van der Waals surface area contributed by atoms with Crippen LogP contribution in [0.4, 0.5) is 0 Å². The van der Waals surface area contributed by atoms with Gasteiger partial charge in [-0.15, -0.1) is 0 Å². The van der Waals surface area contributed by atoms with E-state index in [2.05, 4.69) is 11.9 Å². The Balaban J connectivity index is 2.48. The summed E-state index contributed by atoms with van der Waals surface area (Å²) < 4.78 is 5.37. The number of rotatable bonds is 8. The van der Waals surface area contributed by atoms with Gasteiger partial charge in [0.25, 0.3) is 0 Å². The van der Waals surface area contributed by atoms with Crippen molar-refractivity contribution in [2.75, 3.05) is 13.7 Å². The van der Waals surface area contributed by atoms with Gasteiger partial charge in [0.05, 0.1) is 0 Å². The minimum Gasteiger partial charge on any atom is -0.490 e. The number of likely N-dealkylation sites (N-methyl/N-ethyl adjacent to an activating group) is 1. The number of aliphatic carboxylic acids is 1. The van der Waals surface area contributed by atoms with Crippen molar-refractivity contribution in [1.29, 1.82) is 0 Å². The average molecular weight is 249 g/mol. The lowest BCUT2D eigenvalue weighted by Gasteiger charge is -2.11. The minimum atomic E-state index is -0.816. The Morgan fingerprint density at radius 3 is 2.67 bits per heavy atom. The third-order valence-corrected chi connectivity index (χ3v) is 2.66. The SMILES string of the molecule is C=CCOc1ccc(CCC(NC)C(=O)O)cc1. The maximum absolute atomic E-state index is 10.8. The molecule has 0 aromatic heterocycles. The first-order valence-electron chi connectivity index (χ1n) is 5.90. The molecule has 4 nitrogen and oxygen atoms in total. The van der Waals surface area contributed by atoms with Crippen molar-refractivity contribution < 1.29 is 14.6 Å². The average Bonchev–Trinajstić information content (AvgIpc) is 2.38. The van der Waals surface area contributed by atoms with Gasteiger partial charge in [0.1, 0.15) is 18.4 Å². The van der Waals surface area contributed by atoms with E-state index in [4.69, 9.17) is 9.84 Å². The molecule has 0 saturated heterocycles. The van der Waals surface area contributed by atoms with Gasteiger partial charge < -0.3 is 15.2 Å². The van der Waals surface area contributed by atoms with Gasteiger partial charge in [-0.2, -0.15) is 0 Å². The van der Waals surface area contributed by atoms with Crippen molar-refractivity contribution >= 4 is 5.97 Å². The number of hydrogen-bond acceptors (Lipinski definition) is 3. The Labute approximate surface area is 107 Å². The van der Waals surface area contributed by atoms with Gasteiger partial charge in [0, 0.05) is 0 Å². The molecule has 0 saturated carbocycles. The van der Waals surface area contributed by atoms with Gasteiger partial charge in [-0.1, -0.05) is 24.8 Å². The lowest BCUT2D eigenvalue weighted by atomic mass is 10.1. The van der Waals surface area contributed by atoms with E-state index in [1.54, 1.807) is 13.1 Å². The molecule has 4 heteroatoms. The molecule has 98 valence electrons. The molecule has 18 heavy (non-hydrogen) atoms. The minimum absolute atomic E-state index is 0.486. The van der Waals surface area contributed by atoms with Crippen molar-refractivity contribution in [1.82, 2.24) is 5.32 Å². The predicted octanol–water partition coefficient (Wildman–Crippen LogP) is 1.86. The van der Waals surface area contributed by atoms with E-state index in [0.717, 1.165) is 17.7 Å². The largest absolute Gasteiger partial charge is 0.490 e. The summed E-state index contributed by atoms with van der Waals surface area (Å²) in [6.07, 6.45) is 2.98. The molecule has 0 heterocycles. The summed E-state index contributed by atoms with van der Waals surface area (Å²) in [6, 6.07) is 7.17. The fourth-order valence-electron chi connectivity index (χ4n) is 1.61. The molecule has 1 rings (SSSR count). The van der Waals surface area contributed by atoms with E-state index in [1.165, 1.54) is 0 Å². The van der Waals surface area contributed by atoms with Crippen LogP contribution in [0.15, 0.2) is 36.9 Å². The first-order chi connectivity index (χ1) is 8.67. The van der Waals surface area contributed by atoms with E-state index in [-0.39, 0.29) is 0 Å². The summed E-state index contributed by atoms with van der Waals surface area (Å²) in [5.41, 5.74) is 1.10. The second-order valence-electron chi connectivity index (χ2n) is 3.96. The maximum atomic E-state index is 10.8. The molecule has 2 N–H and O–H groups in total. The molecule has 1 unspecified atom stereocenters. The molecular formula is C14H19NO3. The summed E-state index contributed by atoms with van der Waals surface area (Å²) in [6.45, 7) is 4.07. The lowest BCUT2D eigenvalue weighted by molar-refractivity contribution is -0.139. The normalized spacial score (nSPS) is 11.8. The number of carboxylic acids is 1. The highest BCUT2D eigenvalue weighted by molar-refractivity contribution is 5.73. The summed E-state index contributed by atoms with van der Waals surface area (Å²) in [5.74, 6) is -0.0227. The molecule has 0 radical (unpaired) electrons. The zero-order valence-corrected chi connectivity index (χ0v) is 10.6. The number of aryl methyl sites for hydroxylation is 1. The molecule has 0 aliphatic heterocycles. The van der Waals surface area contributed by atoms with Crippen LogP contribution in [0.5, 0.6) is 5.75 Å². The third-order valence-electron chi connectivity index (χ3n) is 2.66. The van der Waals surface area contributed by atoms with E-state index >= 15 is 0 Å². The fourth-order valence-corrected chi connectivity index (χ4v) is 1.61. The van der Waals surface area contributed by atoms with Crippen LogP contribution >= 0.6 is 0 Å². The molecule has 1 atom stereocenters. The van der Waals surface area contributed by atoms with Crippen molar-refractivity contribution in [3.05, 3.63) is 42.5 Å². The molecule has 0 amide bonds. The highest BCUT2D eigenvalue weighted by Crippen LogP contribution is 2.14. The number of ether oxygens (including phenoxy) is 1. The highest BCUT2D eigenvalue weighted by Gasteiger charge is 2.13. The van der Waals surface area contributed by atoms with Crippen LogP contribution in [0.25, 0.3) is 0 Å². The van der Waals surface area contributed by atoms with Gasteiger partial charge in [-0.05, 0) is 37.6 Å². The monoisotopic (exact) mass is 249 g/mol. The molecule has 0 spiro atoms. The number of benzene rings is 1. The molecule has 1 aromatic rings. The van der Waals surface area contributed by atoms with E-state index in [0.29, 0.717) is 13.0 Å². The molecular weight excluding hydrogens is 230 g/mol. The second kappa shape index (κ2) is 7.50. The van der Waals surface area contributed by atoms with Crippen molar-refractivity contribution in [2.24, 2.45) is 0 Å². The summed E-state index contributed by atoms with van der Waals surface area (Å²) in [7, 11) is 1.66. The van der Waals surface area contributed by atoms with Crippen LogP contribution in [0.2, 0.25) is 0 Å². The first-order valence-corrected chi connectivity index (χ1v) is 5.90. The predicted molar refractivity (Wildman–Crippen MR) is 70.9 cm³/mol. The van der Waals surface area contributed by atoms with Crippen molar-refractivity contribution in [3.63, 3.8) is 0 Å². The molecule has 1 aromatic carbocycles. The van der Waals surface area contributed by atoms with Crippen LogP contribution in [-0.4, -0.2) is 30.8 Å². The molecule has 0 bridgehead atoms. The Morgan fingerprint density at radius 1 is 1.50 bits per heavy atom. The van der Waals surface area contributed by atoms with Gasteiger partial charge in [0.2, 0.25) is 0 Å². The fraction of sp³-hybridized carbons (Fsp3) is 0.357. The summed E-state index contributed by atoms with van der Waals surface area (Å²) in [4.78, 5) is 10.8. The summed E-state index contributed by atoms with van der Waals surface area (Å²) >= 11 is 0. The van der Waals surface area contributed by atoms with Gasteiger partial charge in [-0.3, -0.25) is 4.79 Å². The summed E-state index contributed by atoms with van der Waals surface area (Å²) in [5, 5.41) is 11.7. The van der Waals surface area contributed by atoms with Crippen LogP contribution in [0.1, 0.15) is 12.0 Å². The Hall–Kier alpha value is -1.81. The van der Waals surface area contributed by atoms with Crippen LogP contribution in [0, 0.1) is 0 Å². The smallest absolute Gasteiger partial charge is 0.320 e. The second-order valence-corrected chi connectivity index (χ2v) is 3.96. The number of carboxylic acid groups (broad SMARTS) is 1. The standard InChI is InChI=1S/C14H19NO3/c1-3-10-18-12-7-4-11(5-8-12)6-9-13(15-2)14(16)17/h3-5,7-8,13,15H,1,6,9-10H2,2H3,(H,16,17). The molecule has 0 aliphatic carbocycles. The van der Waals surface area contributed by atoms with E-state index < -0.39 is 12.0 Å². The first kappa shape index (κ1) is 14.3. The van der Waals surface area contributed by atoms with Crippen molar-refractivity contribution in [2.45, 2.75) is 18.9 Å². The Bertz CT molecular complexity index is 387. The van der Waals surface area contributed by atoms with Gasteiger partial charge >= 0.3 is 5.97 Å². The zero-order chi connectivity index (χ0) is 13.4. The highest BCUT2D eigenvalue weighted by atomic mass is 16.5. The maximum Gasteiger partial charge on any atom is 0.320 e. The number of carbonyl (C=O) groups is 1. The molecule has 0 aliphatic rings. The van der Waals surface area contributed by atoms with Gasteiger partial charge in [0.15, 0.2) is 0 Å².